The van der Waals surface area contributed by atoms with E-state index in [2.05, 4.69) is 26.3 Å². The van der Waals surface area contributed by atoms with Crippen molar-refractivity contribution in [1.82, 2.24) is 20.1 Å². The van der Waals surface area contributed by atoms with Gasteiger partial charge in [-0.3, -0.25) is 14.3 Å². The summed E-state index contributed by atoms with van der Waals surface area (Å²) in [5.41, 5.74) is 3.74. The predicted molar refractivity (Wildman–Crippen MR) is 116 cm³/mol. The van der Waals surface area contributed by atoms with Gasteiger partial charge in [0.2, 0.25) is 0 Å². The Morgan fingerprint density at radius 2 is 2.00 bits per heavy atom. The van der Waals surface area contributed by atoms with Gasteiger partial charge in [0.15, 0.2) is 5.65 Å². The van der Waals surface area contributed by atoms with Crippen molar-refractivity contribution < 1.29 is 14.3 Å². The first-order chi connectivity index (χ1) is 14.4. The molecule has 1 saturated carbocycles. The number of aromatic nitrogens is 3. The molecule has 1 aromatic carbocycles. The number of halogens is 1. The van der Waals surface area contributed by atoms with Crippen molar-refractivity contribution in [2.45, 2.75) is 38.1 Å². The number of carbonyl (C=O) groups is 2. The molecule has 1 unspecified atom stereocenters. The summed E-state index contributed by atoms with van der Waals surface area (Å²) in [4.78, 5) is 30.1. The number of methoxy groups -OCH3 is 1. The smallest absolute Gasteiger partial charge is 0.307 e. The van der Waals surface area contributed by atoms with Crippen molar-refractivity contribution in [2.75, 3.05) is 7.11 Å². The Bertz CT molecular complexity index is 1120. The van der Waals surface area contributed by atoms with E-state index in [9.17, 15) is 9.59 Å². The number of fused-ring (bicyclic) bond motifs is 1. The number of pyridine rings is 1. The molecule has 1 atom stereocenters. The molecule has 3 aromatic rings. The van der Waals surface area contributed by atoms with Crippen LogP contribution in [-0.2, 0) is 16.6 Å². The van der Waals surface area contributed by atoms with E-state index in [1.165, 1.54) is 7.11 Å². The molecule has 0 bridgehead atoms. The zero-order valence-electron chi connectivity index (χ0n) is 17.1. The number of benzene rings is 1. The SMILES string of the molecule is COC(=O)CC(NC(=O)c1cc(C2CC2)nc2c1c(C)nn2C)c1ccc(Br)cc1. The third-order valence-corrected chi connectivity index (χ3v) is 5.93. The van der Waals surface area contributed by atoms with Crippen LogP contribution < -0.4 is 5.32 Å². The number of carbonyl (C=O) groups excluding carboxylic acids is 2. The van der Waals surface area contributed by atoms with Crippen LogP contribution in [0.3, 0.4) is 0 Å². The summed E-state index contributed by atoms with van der Waals surface area (Å²) in [6, 6.07) is 8.89. The van der Waals surface area contributed by atoms with Crippen molar-refractivity contribution in [1.29, 1.82) is 0 Å². The number of nitrogens with one attached hydrogen (secondary N) is 1. The molecule has 1 aliphatic carbocycles. The molecule has 0 radical (unpaired) electrons. The van der Waals surface area contributed by atoms with Crippen LogP contribution in [0, 0.1) is 6.92 Å². The van der Waals surface area contributed by atoms with Crippen LogP contribution in [0.2, 0.25) is 0 Å². The molecule has 1 aliphatic rings. The molecule has 4 rings (SSSR count). The summed E-state index contributed by atoms with van der Waals surface area (Å²) in [6.45, 7) is 1.87. The molecule has 0 aliphatic heterocycles. The molecule has 30 heavy (non-hydrogen) atoms. The van der Waals surface area contributed by atoms with Gasteiger partial charge in [0.25, 0.3) is 5.91 Å². The molecule has 8 heteroatoms. The monoisotopic (exact) mass is 470 g/mol. The lowest BCUT2D eigenvalue weighted by atomic mass is 10.0. The fourth-order valence-electron chi connectivity index (χ4n) is 3.66. The lowest BCUT2D eigenvalue weighted by molar-refractivity contribution is -0.141. The van der Waals surface area contributed by atoms with Gasteiger partial charge in [0, 0.05) is 23.1 Å². The molecule has 156 valence electrons. The van der Waals surface area contributed by atoms with Gasteiger partial charge in [-0.25, -0.2) is 4.98 Å². The van der Waals surface area contributed by atoms with E-state index in [-0.39, 0.29) is 18.3 Å². The van der Waals surface area contributed by atoms with E-state index >= 15 is 0 Å². The van der Waals surface area contributed by atoms with Gasteiger partial charge >= 0.3 is 5.97 Å². The van der Waals surface area contributed by atoms with Crippen molar-refractivity contribution in [2.24, 2.45) is 7.05 Å². The van der Waals surface area contributed by atoms with Gasteiger partial charge in [-0.2, -0.15) is 5.10 Å². The standard InChI is InChI=1S/C22H23BrN4O3/c1-12-20-16(10-17(13-4-5-13)24-21(20)27(2)26-12)22(29)25-18(11-19(28)30-3)14-6-8-15(23)9-7-14/h6-10,13,18H,4-5,11H2,1-3H3,(H,25,29). The average Bonchev–Trinajstić information content (AvgIpc) is 3.53. The molecule has 1 amide bonds. The second-order valence-electron chi connectivity index (χ2n) is 7.63. The summed E-state index contributed by atoms with van der Waals surface area (Å²) in [5, 5.41) is 8.23. The average molecular weight is 471 g/mol. The van der Waals surface area contributed by atoms with E-state index in [0.29, 0.717) is 17.1 Å². The number of esters is 1. The molecule has 0 saturated heterocycles. The zero-order valence-corrected chi connectivity index (χ0v) is 18.7. The highest BCUT2D eigenvalue weighted by Gasteiger charge is 2.29. The minimum absolute atomic E-state index is 0.0413. The van der Waals surface area contributed by atoms with Crippen LogP contribution in [0.4, 0.5) is 0 Å². The van der Waals surface area contributed by atoms with Gasteiger partial charge in [-0.15, -0.1) is 0 Å². The van der Waals surface area contributed by atoms with Crippen LogP contribution in [-0.4, -0.2) is 33.8 Å². The number of nitrogens with zero attached hydrogens (tertiary/aromatic N) is 3. The van der Waals surface area contributed by atoms with Gasteiger partial charge in [0.05, 0.1) is 36.2 Å². The Balaban J connectivity index is 1.72. The number of hydrogen-bond acceptors (Lipinski definition) is 5. The fourth-order valence-corrected chi connectivity index (χ4v) is 3.93. The van der Waals surface area contributed by atoms with Crippen LogP contribution in [0.15, 0.2) is 34.8 Å². The summed E-state index contributed by atoms with van der Waals surface area (Å²) in [5.74, 6) is -0.245. The van der Waals surface area contributed by atoms with Gasteiger partial charge < -0.3 is 10.1 Å². The van der Waals surface area contributed by atoms with Crippen molar-refractivity contribution in [3.05, 3.63) is 57.3 Å². The molecule has 1 N–H and O–H groups in total. The third-order valence-electron chi connectivity index (χ3n) is 5.40. The lowest BCUT2D eigenvalue weighted by Gasteiger charge is -2.19. The van der Waals surface area contributed by atoms with E-state index in [0.717, 1.165) is 39.7 Å². The minimum atomic E-state index is -0.511. The van der Waals surface area contributed by atoms with E-state index < -0.39 is 6.04 Å². The van der Waals surface area contributed by atoms with Crippen LogP contribution in [0.1, 0.15) is 58.5 Å². The van der Waals surface area contributed by atoms with Gasteiger partial charge in [-0.05, 0) is 43.5 Å². The zero-order chi connectivity index (χ0) is 21.4. The molecule has 0 spiro atoms. The van der Waals surface area contributed by atoms with Crippen molar-refractivity contribution in [3.8, 4) is 0 Å². The number of ether oxygens (including phenoxy) is 1. The first kappa shape index (κ1) is 20.5. The van der Waals surface area contributed by atoms with E-state index in [1.54, 1.807) is 4.68 Å². The van der Waals surface area contributed by atoms with Crippen LogP contribution >= 0.6 is 15.9 Å². The highest BCUT2D eigenvalue weighted by Crippen LogP contribution is 2.40. The maximum absolute atomic E-state index is 13.4. The molecular formula is C22H23BrN4O3. The highest BCUT2D eigenvalue weighted by molar-refractivity contribution is 9.10. The second-order valence-corrected chi connectivity index (χ2v) is 8.55. The molecule has 2 aromatic heterocycles. The Kier molecular flexibility index (Phi) is 5.60. The Morgan fingerprint density at radius 1 is 1.30 bits per heavy atom. The summed E-state index contributed by atoms with van der Waals surface area (Å²) in [6.07, 6.45) is 2.21. The third kappa shape index (κ3) is 4.09. The Morgan fingerprint density at radius 3 is 2.63 bits per heavy atom. The Labute approximate surface area is 182 Å². The minimum Gasteiger partial charge on any atom is -0.469 e. The van der Waals surface area contributed by atoms with Crippen molar-refractivity contribution in [3.63, 3.8) is 0 Å². The summed E-state index contributed by atoms with van der Waals surface area (Å²) < 4.78 is 7.48. The lowest BCUT2D eigenvalue weighted by Crippen LogP contribution is -2.31. The first-order valence-electron chi connectivity index (χ1n) is 9.84. The van der Waals surface area contributed by atoms with Crippen LogP contribution in [0.25, 0.3) is 11.0 Å². The summed E-state index contributed by atoms with van der Waals surface area (Å²) >= 11 is 3.42. The summed E-state index contributed by atoms with van der Waals surface area (Å²) in [7, 11) is 3.18. The predicted octanol–water partition coefficient (Wildman–Crippen LogP) is 3.95. The van der Waals surface area contributed by atoms with Crippen molar-refractivity contribution >= 4 is 38.8 Å². The van der Waals surface area contributed by atoms with Gasteiger partial charge in [-0.1, -0.05) is 28.1 Å². The highest BCUT2D eigenvalue weighted by atomic mass is 79.9. The largest absolute Gasteiger partial charge is 0.469 e. The number of hydrogen-bond donors (Lipinski definition) is 1. The second kappa shape index (κ2) is 8.18. The normalized spacial score (nSPS) is 14.5. The maximum Gasteiger partial charge on any atom is 0.307 e. The Hall–Kier alpha value is -2.74. The van der Waals surface area contributed by atoms with E-state index in [4.69, 9.17) is 9.72 Å². The molecule has 7 nitrogen and oxygen atoms in total. The fraction of sp³-hybridized carbons (Fsp3) is 0.364. The van der Waals surface area contributed by atoms with E-state index in [1.807, 2.05) is 44.3 Å². The quantitative estimate of drug-likeness (QED) is 0.551. The number of rotatable bonds is 6. The molecular weight excluding hydrogens is 448 g/mol. The number of aryl methyl sites for hydroxylation is 2. The number of amides is 1. The molecule has 1 fully saturated rings. The first-order valence-corrected chi connectivity index (χ1v) is 10.6. The topological polar surface area (TPSA) is 86.1 Å². The van der Waals surface area contributed by atoms with Gasteiger partial charge in [0.1, 0.15) is 0 Å². The maximum atomic E-state index is 13.4. The van der Waals surface area contributed by atoms with Crippen LogP contribution in [0.5, 0.6) is 0 Å². The molecule has 2 heterocycles.